The number of aromatic nitrogens is 4. The number of aryl methyl sites for hydroxylation is 1. The summed E-state index contributed by atoms with van der Waals surface area (Å²) in [6, 6.07) is 1.78. The van der Waals surface area contributed by atoms with E-state index in [1.54, 1.807) is 12.3 Å². The third-order valence-corrected chi connectivity index (χ3v) is 2.95. The molecule has 0 bridgehead atoms. The summed E-state index contributed by atoms with van der Waals surface area (Å²) in [7, 11) is 0. The Morgan fingerprint density at radius 3 is 3.05 bits per heavy atom. The molecule has 2 amide bonds. The number of nitrogens with zero attached hydrogens (tertiary/aromatic N) is 5. The van der Waals surface area contributed by atoms with E-state index in [1.165, 1.54) is 9.42 Å². The maximum Gasteiger partial charge on any atom is 0.294 e. The largest absolute Gasteiger partial charge is 0.353 e. The van der Waals surface area contributed by atoms with Crippen molar-refractivity contribution >= 4 is 17.6 Å². The summed E-state index contributed by atoms with van der Waals surface area (Å²) >= 11 is 0. The molecule has 3 rings (SSSR count). The Bertz CT molecular complexity index is 664. The fourth-order valence-electron chi connectivity index (χ4n) is 1.95. The zero-order valence-corrected chi connectivity index (χ0v) is 10.3. The normalized spacial score (nSPS) is 15.6. The van der Waals surface area contributed by atoms with Crippen molar-refractivity contribution in [1.29, 1.82) is 0 Å². The number of fused-ring (bicyclic) bond motifs is 1. The van der Waals surface area contributed by atoms with Crippen LogP contribution >= 0.6 is 0 Å². The van der Waals surface area contributed by atoms with E-state index in [0.717, 1.165) is 5.69 Å². The van der Waals surface area contributed by atoms with Gasteiger partial charge in [-0.05, 0) is 13.0 Å². The monoisotopic (exact) mass is 260 g/mol. The molecule has 0 aliphatic carbocycles. The molecule has 1 aliphatic rings. The Labute approximate surface area is 108 Å². The fourth-order valence-corrected chi connectivity index (χ4v) is 1.95. The van der Waals surface area contributed by atoms with Gasteiger partial charge < -0.3 is 10.2 Å². The van der Waals surface area contributed by atoms with Crippen molar-refractivity contribution in [3.63, 3.8) is 0 Å². The molecule has 2 aromatic rings. The molecule has 2 aromatic heterocycles. The van der Waals surface area contributed by atoms with Crippen LogP contribution in [-0.4, -0.2) is 55.9 Å². The highest BCUT2D eigenvalue weighted by Gasteiger charge is 2.25. The smallest absolute Gasteiger partial charge is 0.294 e. The molecular formula is C11H12N6O2. The Morgan fingerprint density at radius 1 is 1.47 bits per heavy atom. The lowest BCUT2D eigenvalue weighted by Gasteiger charge is -2.25. The van der Waals surface area contributed by atoms with Crippen LogP contribution in [0.4, 0.5) is 0 Å². The number of carbonyl (C=O) groups is 2. The van der Waals surface area contributed by atoms with E-state index in [4.69, 9.17) is 0 Å². The van der Waals surface area contributed by atoms with E-state index in [2.05, 4.69) is 20.4 Å². The molecule has 0 spiro atoms. The quantitative estimate of drug-likeness (QED) is 0.710. The van der Waals surface area contributed by atoms with E-state index in [9.17, 15) is 9.59 Å². The van der Waals surface area contributed by atoms with Crippen LogP contribution in [0, 0.1) is 6.92 Å². The molecule has 0 saturated carbocycles. The highest BCUT2D eigenvalue weighted by atomic mass is 16.2. The highest BCUT2D eigenvalue weighted by Crippen LogP contribution is 2.05. The van der Waals surface area contributed by atoms with Gasteiger partial charge in [-0.25, -0.2) is 9.50 Å². The number of hydrogen-bond donors (Lipinski definition) is 1. The summed E-state index contributed by atoms with van der Waals surface area (Å²) in [6.45, 7) is 2.81. The van der Waals surface area contributed by atoms with Crippen molar-refractivity contribution in [3.8, 4) is 0 Å². The van der Waals surface area contributed by atoms with Crippen LogP contribution in [0.1, 0.15) is 16.3 Å². The van der Waals surface area contributed by atoms with E-state index in [-0.39, 0.29) is 24.2 Å². The Balaban J connectivity index is 1.93. The number of piperazine rings is 1. The van der Waals surface area contributed by atoms with Crippen molar-refractivity contribution < 1.29 is 9.59 Å². The maximum atomic E-state index is 12.2. The van der Waals surface area contributed by atoms with Gasteiger partial charge in [0.1, 0.15) is 6.54 Å². The summed E-state index contributed by atoms with van der Waals surface area (Å²) in [5, 5.41) is 6.80. The van der Waals surface area contributed by atoms with Crippen molar-refractivity contribution in [3.05, 3.63) is 23.8 Å². The van der Waals surface area contributed by atoms with E-state index in [0.29, 0.717) is 18.9 Å². The second-order valence-electron chi connectivity index (χ2n) is 4.31. The molecule has 8 nitrogen and oxygen atoms in total. The van der Waals surface area contributed by atoms with Crippen LogP contribution < -0.4 is 5.32 Å². The number of carbonyl (C=O) groups excluding carboxylic acids is 2. The van der Waals surface area contributed by atoms with Crippen LogP contribution in [0.3, 0.4) is 0 Å². The first-order chi connectivity index (χ1) is 9.15. The first-order valence-electron chi connectivity index (χ1n) is 5.89. The maximum absolute atomic E-state index is 12.2. The molecular weight excluding hydrogens is 248 g/mol. The first-order valence-corrected chi connectivity index (χ1v) is 5.89. The van der Waals surface area contributed by atoms with Crippen molar-refractivity contribution in [2.45, 2.75) is 6.92 Å². The molecule has 1 N–H and O–H groups in total. The minimum absolute atomic E-state index is 0.0425. The molecule has 8 heteroatoms. The molecule has 0 aromatic carbocycles. The Kier molecular flexibility index (Phi) is 2.62. The van der Waals surface area contributed by atoms with E-state index >= 15 is 0 Å². The average Bonchev–Trinajstić information content (AvgIpc) is 2.83. The van der Waals surface area contributed by atoms with E-state index < -0.39 is 0 Å². The lowest BCUT2D eigenvalue weighted by atomic mass is 10.3. The number of hydrogen-bond acceptors (Lipinski definition) is 5. The van der Waals surface area contributed by atoms with Crippen LogP contribution in [0.15, 0.2) is 12.3 Å². The number of amides is 2. The second kappa shape index (κ2) is 4.30. The molecule has 3 heterocycles. The van der Waals surface area contributed by atoms with Crippen molar-refractivity contribution in [1.82, 2.24) is 29.8 Å². The van der Waals surface area contributed by atoms with Gasteiger partial charge in [-0.3, -0.25) is 9.59 Å². The summed E-state index contributed by atoms with van der Waals surface area (Å²) in [5.41, 5.74) is 0.841. The Morgan fingerprint density at radius 2 is 2.32 bits per heavy atom. The lowest BCUT2D eigenvalue weighted by molar-refractivity contribution is -0.123. The van der Waals surface area contributed by atoms with Crippen LogP contribution in [0.25, 0.3) is 5.78 Å². The van der Waals surface area contributed by atoms with Crippen LogP contribution in [-0.2, 0) is 4.79 Å². The third-order valence-electron chi connectivity index (χ3n) is 2.95. The van der Waals surface area contributed by atoms with Gasteiger partial charge in [0.05, 0.1) is 0 Å². The molecule has 98 valence electrons. The fraction of sp³-hybridized carbons (Fsp3) is 0.364. The van der Waals surface area contributed by atoms with Gasteiger partial charge in [-0.2, -0.15) is 4.98 Å². The topological polar surface area (TPSA) is 92.5 Å². The number of rotatable bonds is 1. The van der Waals surface area contributed by atoms with Gasteiger partial charge >= 0.3 is 0 Å². The minimum Gasteiger partial charge on any atom is -0.353 e. The molecule has 0 radical (unpaired) electrons. The lowest BCUT2D eigenvalue weighted by Crippen LogP contribution is -2.50. The predicted octanol–water partition coefficient (Wildman–Crippen LogP) is -0.995. The van der Waals surface area contributed by atoms with Crippen LogP contribution in [0.2, 0.25) is 0 Å². The van der Waals surface area contributed by atoms with Gasteiger partial charge in [0.25, 0.3) is 11.7 Å². The van der Waals surface area contributed by atoms with Gasteiger partial charge in [0.15, 0.2) is 0 Å². The molecule has 1 saturated heterocycles. The second-order valence-corrected chi connectivity index (χ2v) is 4.31. The van der Waals surface area contributed by atoms with Gasteiger partial charge in [0, 0.05) is 25.0 Å². The van der Waals surface area contributed by atoms with Gasteiger partial charge in [-0.15, -0.1) is 5.10 Å². The zero-order valence-electron chi connectivity index (χ0n) is 10.3. The predicted molar refractivity (Wildman–Crippen MR) is 64.4 cm³/mol. The third kappa shape index (κ3) is 2.01. The zero-order chi connectivity index (χ0) is 13.4. The average molecular weight is 260 g/mol. The molecule has 1 aliphatic heterocycles. The first kappa shape index (κ1) is 11.6. The Hall–Kier alpha value is -2.51. The standard InChI is InChI=1S/C11H12N6O2/c1-7-2-3-13-11-14-9(15-17(7)11)10(19)16-5-4-12-8(18)6-16/h2-3H,4-6H2,1H3,(H,12,18). The van der Waals surface area contributed by atoms with Crippen molar-refractivity contribution in [2.24, 2.45) is 0 Å². The summed E-state index contributed by atoms with van der Waals surface area (Å²) in [6.07, 6.45) is 1.61. The van der Waals surface area contributed by atoms with Gasteiger partial charge in [-0.1, -0.05) is 0 Å². The SMILES string of the molecule is Cc1ccnc2nc(C(=O)N3CCNC(=O)C3)nn12. The molecule has 1 fully saturated rings. The molecule has 0 atom stereocenters. The highest BCUT2D eigenvalue weighted by molar-refractivity contribution is 5.94. The van der Waals surface area contributed by atoms with Crippen molar-refractivity contribution in [2.75, 3.05) is 19.6 Å². The van der Waals surface area contributed by atoms with E-state index in [1.807, 2.05) is 6.92 Å². The van der Waals surface area contributed by atoms with Crippen LogP contribution in [0.5, 0.6) is 0 Å². The minimum atomic E-state index is -0.347. The molecule has 0 unspecified atom stereocenters. The molecule has 19 heavy (non-hydrogen) atoms. The summed E-state index contributed by atoms with van der Waals surface area (Å²) in [5.74, 6) is -0.0706. The number of nitrogens with one attached hydrogen (secondary N) is 1. The van der Waals surface area contributed by atoms with Gasteiger partial charge in [0.2, 0.25) is 11.7 Å². The summed E-state index contributed by atoms with van der Waals surface area (Å²) in [4.78, 5) is 33.0. The summed E-state index contributed by atoms with van der Waals surface area (Å²) < 4.78 is 1.51.